The zero-order valence-corrected chi connectivity index (χ0v) is 15.1. The second kappa shape index (κ2) is 5.91. The molecule has 0 atom stereocenters. The van der Waals surface area contributed by atoms with Crippen molar-refractivity contribution in [2.24, 2.45) is 7.05 Å². The summed E-state index contributed by atoms with van der Waals surface area (Å²) in [5.74, 6) is 0.360. The lowest BCUT2D eigenvalue weighted by Crippen LogP contribution is -2.14. The van der Waals surface area contributed by atoms with Gasteiger partial charge >= 0.3 is 0 Å². The second-order valence-electron chi connectivity index (χ2n) is 6.27. The van der Waals surface area contributed by atoms with Crippen LogP contribution in [0.25, 0.3) is 21.9 Å². The van der Waals surface area contributed by atoms with Gasteiger partial charge in [-0.25, -0.2) is 0 Å². The van der Waals surface area contributed by atoms with E-state index < -0.39 is 0 Å². The van der Waals surface area contributed by atoms with E-state index in [4.69, 9.17) is 9.15 Å². The molecule has 0 saturated heterocycles. The molecule has 0 unspecified atom stereocenters. The number of nitrogens with zero attached hydrogens (tertiary/aromatic N) is 2. The molecule has 0 fully saturated rings. The highest BCUT2D eigenvalue weighted by molar-refractivity contribution is 6.10. The second-order valence-corrected chi connectivity index (χ2v) is 6.27. The van der Waals surface area contributed by atoms with Crippen molar-refractivity contribution in [2.45, 2.75) is 13.8 Å². The van der Waals surface area contributed by atoms with Gasteiger partial charge in [-0.15, -0.1) is 0 Å². The fraction of sp³-hybridized carbons (Fsp3) is 0.200. The first-order valence-electron chi connectivity index (χ1n) is 8.30. The first-order valence-corrected chi connectivity index (χ1v) is 8.30. The smallest absolute Gasteiger partial charge is 0.259 e. The molecule has 0 aliphatic heterocycles. The summed E-state index contributed by atoms with van der Waals surface area (Å²) in [7, 11) is 3.40. The molecule has 132 valence electrons. The summed E-state index contributed by atoms with van der Waals surface area (Å²) in [4.78, 5) is 12.8. The van der Waals surface area contributed by atoms with Gasteiger partial charge in [0.1, 0.15) is 16.9 Å². The van der Waals surface area contributed by atoms with Gasteiger partial charge in [0, 0.05) is 29.6 Å². The Kier molecular flexibility index (Phi) is 3.68. The largest absolute Gasteiger partial charge is 0.495 e. The number of para-hydroxylation sites is 1. The fourth-order valence-corrected chi connectivity index (χ4v) is 3.31. The van der Waals surface area contributed by atoms with Crippen molar-refractivity contribution in [1.29, 1.82) is 0 Å². The highest BCUT2D eigenvalue weighted by atomic mass is 16.5. The molecule has 0 aliphatic rings. The molecule has 0 spiro atoms. The molecule has 6 heteroatoms. The van der Waals surface area contributed by atoms with Crippen molar-refractivity contribution < 1.29 is 13.9 Å². The van der Waals surface area contributed by atoms with Crippen LogP contribution in [0.4, 0.5) is 5.69 Å². The molecular formula is C20H19N3O3. The van der Waals surface area contributed by atoms with Gasteiger partial charge in [0.15, 0.2) is 0 Å². The van der Waals surface area contributed by atoms with Gasteiger partial charge in [-0.1, -0.05) is 18.2 Å². The Morgan fingerprint density at radius 3 is 2.62 bits per heavy atom. The summed E-state index contributed by atoms with van der Waals surface area (Å²) >= 11 is 0. The number of hydrogen-bond donors (Lipinski definition) is 1. The van der Waals surface area contributed by atoms with E-state index in [0.717, 1.165) is 22.0 Å². The lowest BCUT2D eigenvalue weighted by molar-refractivity contribution is 0.102. The Morgan fingerprint density at radius 2 is 1.92 bits per heavy atom. The molecule has 0 saturated carbocycles. The van der Waals surface area contributed by atoms with Crippen LogP contribution in [0.1, 0.15) is 21.7 Å². The maximum Gasteiger partial charge on any atom is 0.259 e. The third-order valence-electron chi connectivity index (χ3n) is 4.68. The Morgan fingerprint density at radius 1 is 1.15 bits per heavy atom. The normalized spacial score (nSPS) is 11.2. The SMILES string of the molecule is COc1cc2c(cc1NC(=O)c1c(C)nn(C)c1C)oc1ccccc12. The van der Waals surface area contributed by atoms with E-state index in [1.165, 1.54) is 0 Å². The molecule has 0 aliphatic carbocycles. The number of benzene rings is 2. The molecule has 2 aromatic carbocycles. The fourth-order valence-electron chi connectivity index (χ4n) is 3.31. The van der Waals surface area contributed by atoms with Crippen LogP contribution in [-0.2, 0) is 7.05 Å². The predicted octanol–water partition coefficient (Wildman–Crippen LogP) is 4.20. The quantitative estimate of drug-likeness (QED) is 0.602. The third kappa shape index (κ3) is 2.42. The van der Waals surface area contributed by atoms with Gasteiger partial charge in [-0.2, -0.15) is 5.10 Å². The molecule has 0 radical (unpaired) electrons. The summed E-state index contributed by atoms with van der Waals surface area (Å²) in [6.07, 6.45) is 0. The summed E-state index contributed by atoms with van der Waals surface area (Å²) < 4.78 is 13.1. The number of rotatable bonds is 3. The number of methoxy groups -OCH3 is 1. The number of furan rings is 1. The maximum atomic E-state index is 12.8. The zero-order valence-electron chi connectivity index (χ0n) is 15.1. The molecule has 2 aromatic heterocycles. The molecule has 2 heterocycles. The summed E-state index contributed by atoms with van der Waals surface area (Å²) in [5, 5.41) is 9.19. The average Bonchev–Trinajstić information content (AvgIpc) is 3.10. The Balaban J connectivity index is 1.80. The van der Waals surface area contributed by atoms with Crippen molar-refractivity contribution in [3.05, 3.63) is 53.3 Å². The summed E-state index contributed by atoms with van der Waals surface area (Å²) in [6.45, 7) is 3.69. The molecule has 1 N–H and O–H groups in total. The highest BCUT2D eigenvalue weighted by Crippen LogP contribution is 2.36. The zero-order chi connectivity index (χ0) is 18.4. The number of amides is 1. The van der Waals surface area contributed by atoms with Crippen LogP contribution in [-0.4, -0.2) is 22.8 Å². The van der Waals surface area contributed by atoms with Crippen LogP contribution in [0.3, 0.4) is 0 Å². The van der Waals surface area contributed by atoms with Crippen molar-refractivity contribution in [3.8, 4) is 5.75 Å². The number of aryl methyl sites for hydroxylation is 2. The minimum Gasteiger partial charge on any atom is -0.495 e. The number of ether oxygens (including phenoxy) is 1. The predicted molar refractivity (Wildman–Crippen MR) is 101 cm³/mol. The molecule has 0 bridgehead atoms. The van der Waals surface area contributed by atoms with E-state index in [2.05, 4.69) is 10.4 Å². The summed E-state index contributed by atoms with van der Waals surface area (Å²) in [5.41, 5.74) is 4.12. The molecule has 4 rings (SSSR count). The van der Waals surface area contributed by atoms with Crippen molar-refractivity contribution in [3.63, 3.8) is 0 Å². The number of nitrogens with one attached hydrogen (secondary N) is 1. The van der Waals surface area contributed by atoms with Gasteiger partial charge < -0.3 is 14.5 Å². The van der Waals surface area contributed by atoms with E-state index in [1.807, 2.05) is 51.2 Å². The van der Waals surface area contributed by atoms with E-state index in [1.54, 1.807) is 17.9 Å². The average molecular weight is 349 g/mol. The topological polar surface area (TPSA) is 69.3 Å². The number of aromatic nitrogens is 2. The highest BCUT2D eigenvalue weighted by Gasteiger charge is 2.20. The van der Waals surface area contributed by atoms with Gasteiger partial charge in [0.2, 0.25) is 0 Å². The molecule has 6 nitrogen and oxygen atoms in total. The van der Waals surface area contributed by atoms with Crippen LogP contribution in [0, 0.1) is 13.8 Å². The van der Waals surface area contributed by atoms with E-state index in [9.17, 15) is 4.79 Å². The van der Waals surface area contributed by atoms with Crippen molar-refractivity contribution >= 4 is 33.5 Å². The van der Waals surface area contributed by atoms with Crippen LogP contribution < -0.4 is 10.1 Å². The summed E-state index contributed by atoms with van der Waals surface area (Å²) in [6, 6.07) is 11.5. The van der Waals surface area contributed by atoms with Crippen molar-refractivity contribution in [1.82, 2.24) is 9.78 Å². The Bertz CT molecular complexity index is 1150. The van der Waals surface area contributed by atoms with Gasteiger partial charge in [0.25, 0.3) is 5.91 Å². The first-order chi connectivity index (χ1) is 12.5. The Labute approximate surface area is 150 Å². The van der Waals surface area contributed by atoms with Crippen molar-refractivity contribution in [2.75, 3.05) is 12.4 Å². The first kappa shape index (κ1) is 16.2. The van der Waals surface area contributed by atoms with Crippen LogP contribution in [0.5, 0.6) is 5.75 Å². The van der Waals surface area contributed by atoms with Gasteiger partial charge in [-0.3, -0.25) is 9.48 Å². The standard InChI is InChI=1S/C20H19N3O3/c1-11-19(12(2)23(3)22-11)20(24)21-15-10-17-14(9-18(15)25-4)13-7-5-6-8-16(13)26-17/h5-10H,1-4H3,(H,21,24). The van der Waals surface area contributed by atoms with Gasteiger partial charge in [-0.05, 0) is 26.0 Å². The minimum atomic E-state index is -0.220. The van der Waals surface area contributed by atoms with Gasteiger partial charge in [0.05, 0.1) is 24.1 Å². The molecule has 4 aromatic rings. The monoisotopic (exact) mass is 349 g/mol. The molecule has 1 amide bonds. The number of anilines is 1. The number of carbonyl (C=O) groups is 1. The van der Waals surface area contributed by atoms with E-state index >= 15 is 0 Å². The Hall–Kier alpha value is -3.28. The number of fused-ring (bicyclic) bond motifs is 3. The molecular weight excluding hydrogens is 330 g/mol. The van der Waals surface area contributed by atoms with E-state index in [-0.39, 0.29) is 5.91 Å². The van der Waals surface area contributed by atoms with E-state index in [0.29, 0.717) is 28.3 Å². The lowest BCUT2D eigenvalue weighted by Gasteiger charge is -2.10. The third-order valence-corrected chi connectivity index (χ3v) is 4.68. The number of carbonyl (C=O) groups excluding carboxylic acids is 1. The lowest BCUT2D eigenvalue weighted by atomic mass is 10.1. The van der Waals surface area contributed by atoms with Crippen LogP contribution in [0.2, 0.25) is 0 Å². The minimum absolute atomic E-state index is 0.220. The maximum absolute atomic E-state index is 12.8. The number of hydrogen-bond acceptors (Lipinski definition) is 4. The van der Waals surface area contributed by atoms with Crippen LogP contribution in [0.15, 0.2) is 40.8 Å². The molecule has 26 heavy (non-hydrogen) atoms. The van der Waals surface area contributed by atoms with Crippen LogP contribution >= 0.6 is 0 Å².